The van der Waals surface area contributed by atoms with E-state index in [4.69, 9.17) is 9.84 Å². The molecule has 0 bridgehead atoms. The maximum atomic E-state index is 11.2. The molecule has 1 aliphatic rings. The average molecular weight is 237 g/mol. The van der Waals surface area contributed by atoms with Crippen molar-refractivity contribution in [1.29, 1.82) is 0 Å². The van der Waals surface area contributed by atoms with Crippen molar-refractivity contribution in [2.24, 2.45) is 0 Å². The Balaban J connectivity index is 2.19. The van der Waals surface area contributed by atoms with Crippen LogP contribution in [0.4, 0.5) is 4.79 Å². The first-order chi connectivity index (χ1) is 8.08. The summed E-state index contributed by atoms with van der Waals surface area (Å²) >= 11 is 0. The zero-order valence-electron chi connectivity index (χ0n) is 8.92. The third-order valence-electron chi connectivity index (χ3n) is 2.51. The number of hydrogen-bond acceptors (Lipinski definition) is 4. The fourth-order valence-corrected chi connectivity index (χ4v) is 1.64. The number of benzene rings is 1. The van der Waals surface area contributed by atoms with Gasteiger partial charge in [-0.25, -0.2) is 9.59 Å². The fourth-order valence-electron chi connectivity index (χ4n) is 1.64. The third kappa shape index (κ3) is 2.30. The summed E-state index contributed by atoms with van der Waals surface area (Å²) in [6.07, 6.45) is -0.407. The molecular weight excluding hydrogens is 226 g/mol. The number of nitrogens with zero attached hydrogens (tertiary/aromatic N) is 1. The quantitative estimate of drug-likeness (QED) is 0.820. The Bertz CT molecular complexity index is 471. The molecule has 2 N–H and O–H groups in total. The standard InChI is InChI=1S/C11H11NO5/c13-9-2-1-7(5-8(9)10(14)15)6-12-3-4-17-11(12)16/h1-2,5,13H,3-4,6H2,(H,14,15). The number of carbonyl (C=O) groups excluding carboxylic acids is 1. The van der Waals surface area contributed by atoms with Gasteiger partial charge in [-0.3, -0.25) is 0 Å². The summed E-state index contributed by atoms with van der Waals surface area (Å²) in [6.45, 7) is 1.12. The van der Waals surface area contributed by atoms with Gasteiger partial charge < -0.3 is 19.8 Å². The molecule has 17 heavy (non-hydrogen) atoms. The topological polar surface area (TPSA) is 87.1 Å². The molecule has 1 saturated heterocycles. The maximum Gasteiger partial charge on any atom is 0.410 e. The maximum absolute atomic E-state index is 11.2. The second kappa shape index (κ2) is 4.32. The lowest BCUT2D eigenvalue weighted by Gasteiger charge is -2.13. The summed E-state index contributed by atoms with van der Waals surface area (Å²) in [6, 6.07) is 4.23. The summed E-state index contributed by atoms with van der Waals surface area (Å²) in [5.41, 5.74) is 0.467. The Morgan fingerprint density at radius 1 is 1.47 bits per heavy atom. The van der Waals surface area contributed by atoms with Crippen LogP contribution in [0.5, 0.6) is 5.75 Å². The molecule has 1 aromatic carbocycles. The molecule has 1 fully saturated rings. The van der Waals surface area contributed by atoms with Crippen LogP contribution in [0, 0.1) is 0 Å². The summed E-state index contributed by atoms with van der Waals surface area (Å²) in [5, 5.41) is 18.2. The van der Waals surface area contributed by atoms with E-state index >= 15 is 0 Å². The van der Waals surface area contributed by atoms with Crippen LogP contribution in [0.1, 0.15) is 15.9 Å². The van der Waals surface area contributed by atoms with Crippen molar-refractivity contribution in [2.75, 3.05) is 13.2 Å². The molecule has 0 spiro atoms. The SMILES string of the molecule is O=C(O)c1cc(CN2CCOC2=O)ccc1O. The van der Waals surface area contributed by atoms with Crippen molar-refractivity contribution < 1.29 is 24.5 Å². The normalized spacial score (nSPS) is 14.8. The van der Waals surface area contributed by atoms with Crippen LogP contribution in [0.2, 0.25) is 0 Å². The van der Waals surface area contributed by atoms with Crippen molar-refractivity contribution >= 4 is 12.1 Å². The van der Waals surface area contributed by atoms with E-state index in [9.17, 15) is 14.7 Å². The number of phenols is 1. The van der Waals surface area contributed by atoms with Gasteiger partial charge in [0.25, 0.3) is 0 Å². The molecule has 90 valence electrons. The predicted molar refractivity (Wildman–Crippen MR) is 56.8 cm³/mol. The number of carboxylic acids is 1. The molecule has 0 aliphatic carbocycles. The number of rotatable bonds is 3. The summed E-state index contributed by atoms with van der Waals surface area (Å²) < 4.78 is 4.76. The van der Waals surface area contributed by atoms with Crippen LogP contribution in [0.3, 0.4) is 0 Å². The van der Waals surface area contributed by atoms with Gasteiger partial charge in [-0.2, -0.15) is 0 Å². The van der Waals surface area contributed by atoms with Gasteiger partial charge >= 0.3 is 12.1 Å². The first kappa shape index (κ1) is 11.3. The Hall–Kier alpha value is -2.24. The minimum absolute atomic E-state index is 0.171. The highest BCUT2D eigenvalue weighted by atomic mass is 16.6. The molecule has 1 aromatic rings. The highest BCUT2D eigenvalue weighted by Crippen LogP contribution is 2.20. The van der Waals surface area contributed by atoms with Crippen molar-refractivity contribution in [3.63, 3.8) is 0 Å². The van der Waals surface area contributed by atoms with Crippen LogP contribution in [0.15, 0.2) is 18.2 Å². The third-order valence-corrected chi connectivity index (χ3v) is 2.51. The van der Waals surface area contributed by atoms with Crippen LogP contribution < -0.4 is 0 Å². The lowest BCUT2D eigenvalue weighted by Crippen LogP contribution is -2.23. The molecule has 1 amide bonds. The van der Waals surface area contributed by atoms with Crippen LogP contribution >= 0.6 is 0 Å². The average Bonchev–Trinajstić information content (AvgIpc) is 2.67. The van der Waals surface area contributed by atoms with Crippen LogP contribution in [0.25, 0.3) is 0 Å². The molecule has 0 unspecified atom stereocenters. The molecule has 6 nitrogen and oxygen atoms in total. The minimum Gasteiger partial charge on any atom is -0.507 e. The van der Waals surface area contributed by atoms with Gasteiger partial charge in [-0.1, -0.05) is 6.07 Å². The smallest absolute Gasteiger partial charge is 0.410 e. The second-order valence-electron chi connectivity index (χ2n) is 3.69. The summed E-state index contributed by atoms with van der Waals surface area (Å²) in [7, 11) is 0. The Labute approximate surface area is 97.0 Å². The van der Waals surface area contributed by atoms with Gasteiger partial charge in [0.2, 0.25) is 0 Å². The molecule has 0 atom stereocenters. The number of cyclic esters (lactones) is 1. The van der Waals surface area contributed by atoms with E-state index in [2.05, 4.69) is 0 Å². The molecule has 0 radical (unpaired) electrons. The molecule has 2 rings (SSSR count). The largest absolute Gasteiger partial charge is 0.507 e. The molecule has 6 heteroatoms. The lowest BCUT2D eigenvalue weighted by atomic mass is 10.1. The van der Waals surface area contributed by atoms with Gasteiger partial charge in [0.05, 0.1) is 6.54 Å². The van der Waals surface area contributed by atoms with E-state index in [1.807, 2.05) is 0 Å². The van der Waals surface area contributed by atoms with Crippen LogP contribution in [-0.4, -0.2) is 40.3 Å². The molecular formula is C11H11NO5. The lowest BCUT2D eigenvalue weighted by molar-refractivity contribution is 0.0693. The second-order valence-corrected chi connectivity index (χ2v) is 3.69. The highest BCUT2D eigenvalue weighted by molar-refractivity contribution is 5.90. The van der Waals surface area contributed by atoms with Gasteiger partial charge in [-0.15, -0.1) is 0 Å². The van der Waals surface area contributed by atoms with Gasteiger partial charge in [0, 0.05) is 6.54 Å². The zero-order chi connectivity index (χ0) is 12.4. The van der Waals surface area contributed by atoms with Crippen molar-refractivity contribution in [1.82, 2.24) is 4.90 Å². The van der Waals surface area contributed by atoms with Crippen LogP contribution in [-0.2, 0) is 11.3 Å². The minimum atomic E-state index is -1.20. The number of carboxylic acid groups (broad SMARTS) is 1. The Morgan fingerprint density at radius 3 is 2.82 bits per heavy atom. The number of carbonyl (C=O) groups is 2. The van der Waals surface area contributed by atoms with Crippen molar-refractivity contribution in [2.45, 2.75) is 6.54 Å². The monoisotopic (exact) mass is 237 g/mol. The number of aromatic carboxylic acids is 1. The zero-order valence-corrected chi connectivity index (χ0v) is 8.92. The molecule has 1 heterocycles. The van der Waals surface area contributed by atoms with Crippen molar-refractivity contribution in [3.05, 3.63) is 29.3 Å². The molecule has 0 aromatic heterocycles. The highest BCUT2D eigenvalue weighted by Gasteiger charge is 2.22. The summed E-state index contributed by atoms with van der Waals surface area (Å²) in [5.74, 6) is -1.49. The number of amides is 1. The van der Waals surface area contributed by atoms with E-state index < -0.39 is 12.1 Å². The van der Waals surface area contributed by atoms with Gasteiger partial charge in [0.15, 0.2) is 0 Å². The Morgan fingerprint density at radius 2 is 2.24 bits per heavy atom. The molecule has 0 saturated carbocycles. The van der Waals surface area contributed by atoms with E-state index in [0.717, 1.165) is 0 Å². The van der Waals surface area contributed by atoms with E-state index in [1.54, 1.807) is 6.07 Å². The molecule has 1 aliphatic heterocycles. The number of aromatic hydroxyl groups is 1. The number of ether oxygens (including phenoxy) is 1. The van der Waals surface area contributed by atoms with Gasteiger partial charge in [-0.05, 0) is 17.7 Å². The van der Waals surface area contributed by atoms with E-state index in [1.165, 1.54) is 17.0 Å². The fraction of sp³-hybridized carbons (Fsp3) is 0.273. The summed E-state index contributed by atoms with van der Waals surface area (Å²) in [4.78, 5) is 23.5. The predicted octanol–water partition coefficient (Wildman–Crippen LogP) is 1.04. The van der Waals surface area contributed by atoms with E-state index in [0.29, 0.717) is 18.7 Å². The number of hydrogen-bond donors (Lipinski definition) is 2. The first-order valence-electron chi connectivity index (χ1n) is 5.05. The van der Waals surface area contributed by atoms with Gasteiger partial charge in [0.1, 0.15) is 17.9 Å². The van der Waals surface area contributed by atoms with Crippen molar-refractivity contribution in [3.8, 4) is 5.75 Å². The van der Waals surface area contributed by atoms with E-state index in [-0.39, 0.29) is 17.9 Å². The first-order valence-corrected chi connectivity index (χ1v) is 5.05. The Kier molecular flexibility index (Phi) is 2.86.